The third kappa shape index (κ3) is 4.05. The SMILES string of the molecule is Cc1nc([C@@H](Cc2c[nH]c3ccccc23)NC(=O)c2ccc(C)n(C)c2=O)cc(=O)[nH]1. The van der Waals surface area contributed by atoms with Gasteiger partial charge in [-0.1, -0.05) is 18.2 Å². The number of carbonyl (C=O) groups is 1. The van der Waals surface area contributed by atoms with Gasteiger partial charge in [0.25, 0.3) is 17.0 Å². The fraction of sp³-hybridized carbons (Fsp3) is 0.217. The quantitative estimate of drug-likeness (QED) is 0.462. The number of aromatic nitrogens is 4. The largest absolute Gasteiger partial charge is 0.361 e. The lowest BCUT2D eigenvalue weighted by Gasteiger charge is -2.19. The molecule has 0 fully saturated rings. The lowest BCUT2D eigenvalue weighted by Crippen LogP contribution is -2.36. The van der Waals surface area contributed by atoms with Crippen molar-refractivity contribution in [1.29, 1.82) is 0 Å². The summed E-state index contributed by atoms with van der Waals surface area (Å²) in [6.45, 7) is 3.48. The number of nitrogens with one attached hydrogen (secondary N) is 3. The number of benzene rings is 1. The molecule has 0 radical (unpaired) electrons. The zero-order valence-corrected chi connectivity index (χ0v) is 17.5. The Balaban J connectivity index is 1.73. The first-order valence-corrected chi connectivity index (χ1v) is 9.94. The molecule has 1 amide bonds. The number of aromatic amines is 2. The van der Waals surface area contributed by atoms with Gasteiger partial charge in [-0.05, 0) is 37.6 Å². The average Bonchev–Trinajstić information content (AvgIpc) is 3.14. The molecule has 0 saturated carbocycles. The minimum absolute atomic E-state index is 0.0404. The van der Waals surface area contributed by atoms with Crippen molar-refractivity contribution in [3.8, 4) is 0 Å². The van der Waals surface area contributed by atoms with Gasteiger partial charge in [0.2, 0.25) is 0 Å². The summed E-state index contributed by atoms with van der Waals surface area (Å²) in [5, 5.41) is 3.94. The Morgan fingerprint density at radius 1 is 1.16 bits per heavy atom. The lowest BCUT2D eigenvalue weighted by atomic mass is 10.0. The third-order valence-electron chi connectivity index (χ3n) is 5.44. The van der Waals surface area contributed by atoms with Crippen LogP contribution < -0.4 is 16.4 Å². The molecule has 0 spiro atoms. The van der Waals surface area contributed by atoms with Gasteiger partial charge < -0.3 is 19.9 Å². The maximum atomic E-state index is 13.0. The van der Waals surface area contributed by atoms with Crippen molar-refractivity contribution in [1.82, 2.24) is 24.8 Å². The van der Waals surface area contributed by atoms with E-state index in [2.05, 4.69) is 20.3 Å². The molecular weight excluding hydrogens is 394 g/mol. The van der Waals surface area contributed by atoms with E-state index in [1.807, 2.05) is 30.5 Å². The van der Waals surface area contributed by atoms with Crippen molar-refractivity contribution in [2.24, 2.45) is 7.05 Å². The number of rotatable bonds is 5. The molecule has 4 rings (SSSR count). The summed E-state index contributed by atoms with van der Waals surface area (Å²) in [7, 11) is 1.62. The molecule has 8 heteroatoms. The van der Waals surface area contributed by atoms with Crippen LogP contribution in [0.15, 0.2) is 58.3 Å². The fourth-order valence-corrected chi connectivity index (χ4v) is 3.67. The Labute approximate surface area is 178 Å². The van der Waals surface area contributed by atoms with E-state index in [4.69, 9.17) is 0 Å². The van der Waals surface area contributed by atoms with Crippen LogP contribution in [0.1, 0.15) is 39.2 Å². The molecule has 1 atom stereocenters. The van der Waals surface area contributed by atoms with Crippen LogP contribution in [0, 0.1) is 13.8 Å². The van der Waals surface area contributed by atoms with Crippen LogP contribution >= 0.6 is 0 Å². The Bertz CT molecular complexity index is 1400. The van der Waals surface area contributed by atoms with Gasteiger partial charge in [-0.25, -0.2) is 4.98 Å². The molecule has 0 unspecified atom stereocenters. The van der Waals surface area contributed by atoms with Gasteiger partial charge in [0.1, 0.15) is 11.4 Å². The fourth-order valence-electron chi connectivity index (χ4n) is 3.67. The monoisotopic (exact) mass is 417 g/mol. The predicted octanol–water partition coefficient (Wildman–Crippen LogP) is 2.28. The number of carbonyl (C=O) groups excluding carboxylic acids is 1. The van der Waals surface area contributed by atoms with Gasteiger partial charge >= 0.3 is 0 Å². The number of para-hydroxylation sites is 1. The number of pyridine rings is 1. The number of H-pyrrole nitrogens is 2. The maximum Gasteiger partial charge on any atom is 0.263 e. The van der Waals surface area contributed by atoms with E-state index in [0.717, 1.165) is 22.2 Å². The van der Waals surface area contributed by atoms with Crippen LogP contribution in [0.5, 0.6) is 0 Å². The van der Waals surface area contributed by atoms with Crippen molar-refractivity contribution in [2.75, 3.05) is 0 Å². The minimum atomic E-state index is -0.598. The molecule has 3 heterocycles. The van der Waals surface area contributed by atoms with Crippen LogP contribution in [0.2, 0.25) is 0 Å². The molecule has 1 aromatic carbocycles. The van der Waals surface area contributed by atoms with Gasteiger partial charge in [-0.2, -0.15) is 0 Å². The Morgan fingerprint density at radius 3 is 2.71 bits per heavy atom. The summed E-state index contributed by atoms with van der Waals surface area (Å²) >= 11 is 0. The molecule has 158 valence electrons. The molecular formula is C23H23N5O3. The number of hydrogen-bond donors (Lipinski definition) is 3. The third-order valence-corrected chi connectivity index (χ3v) is 5.44. The molecule has 4 aromatic rings. The highest BCUT2D eigenvalue weighted by Crippen LogP contribution is 2.23. The van der Waals surface area contributed by atoms with E-state index in [9.17, 15) is 14.4 Å². The Kier molecular flexibility index (Phi) is 5.29. The second kappa shape index (κ2) is 8.06. The summed E-state index contributed by atoms with van der Waals surface area (Å²) in [6, 6.07) is 11.9. The van der Waals surface area contributed by atoms with Crippen LogP contribution in [-0.4, -0.2) is 25.4 Å². The highest BCUT2D eigenvalue weighted by atomic mass is 16.2. The number of amides is 1. The summed E-state index contributed by atoms with van der Waals surface area (Å²) < 4.78 is 1.43. The molecule has 3 aromatic heterocycles. The van der Waals surface area contributed by atoms with Gasteiger partial charge in [0, 0.05) is 42.3 Å². The average molecular weight is 417 g/mol. The van der Waals surface area contributed by atoms with Crippen molar-refractivity contribution in [3.05, 3.63) is 97.7 Å². The second-order valence-electron chi connectivity index (χ2n) is 7.60. The van der Waals surface area contributed by atoms with E-state index in [-0.39, 0.29) is 16.7 Å². The molecule has 3 N–H and O–H groups in total. The topological polar surface area (TPSA) is 113 Å². The summed E-state index contributed by atoms with van der Waals surface area (Å²) in [5.74, 6) is -0.0582. The van der Waals surface area contributed by atoms with Gasteiger partial charge in [0.15, 0.2) is 0 Å². The van der Waals surface area contributed by atoms with Crippen molar-refractivity contribution in [2.45, 2.75) is 26.3 Å². The maximum absolute atomic E-state index is 13.0. The highest BCUT2D eigenvalue weighted by molar-refractivity contribution is 5.94. The summed E-state index contributed by atoms with van der Waals surface area (Å²) in [5.41, 5.74) is 2.50. The normalized spacial score (nSPS) is 12.1. The van der Waals surface area contributed by atoms with Gasteiger partial charge in [0.05, 0.1) is 11.7 Å². The first-order valence-electron chi connectivity index (χ1n) is 9.94. The zero-order chi connectivity index (χ0) is 22.1. The number of aryl methyl sites for hydroxylation is 2. The molecule has 0 aliphatic carbocycles. The Hall–Kier alpha value is -3.94. The molecule has 31 heavy (non-hydrogen) atoms. The summed E-state index contributed by atoms with van der Waals surface area (Å²) in [6.07, 6.45) is 2.28. The van der Waals surface area contributed by atoms with E-state index in [1.165, 1.54) is 16.7 Å². The van der Waals surface area contributed by atoms with Crippen molar-refractivity contribution < 1.29 is 4.79 Å². The van der Waals surface area contributed by atoms with Crippen LogP contribution in [-0.2, 0) is 13.5 Å². The minimum Gasteiger partial charge on any atom is -0.361 e. The van der Waals surface area contributed by atoms with Gasteiger partial charge in [-0.15, -0.1) is 0 Å². The van der Waals surface area contributed by atoms with Crippen LogP contribution in [0.3, 0.4) is 0 Å². The van der Waals surface area contributed by atoms with Crippen molar-refractivity contribution >= 4 is 16.8 Å². The van der Waals surface area contributed by atoms with Crippen LogP contribution in [0.25, 0.3) is 10.9 Å². The zero-order valence-electron chi connectivity index (χ0n) is 17.5. The molecule has 0 aliphatic rings. The van der Waals surface area contributed by atoms with E-state index < -0.39 is 11.9 Å². The van der Waals surface area contributed by atoms with Gasteiger partial charge in [-0.3, -0.25) is 14.4 Å². The molecule has 0 bridgehead atoms. The number of hydrogen-bond acceptors (Lipinski definition) is 4. The van der Waals surface area contributed by atoms with Crippen LogP contribution in [0.4, 0.5) is 0 Å². The molecule has 0 saturated heterocycles. The summed E-state index contributed by atoms with van der Waals surface area (Å²) in [4.78, 5) is 47.9. The van der Waals surface area contributed by atoms with E-state index >= 15 is 0 Å². The number of nitrogens with zero attached hydrogens (tertiary/aromatic N) is 2. The second-order valence-corrected chi connectivity index (χ2v) is 7.60. The molecule has 8 nitrogen and oxygen atoms in total. The first kappa shape index (κ1) is 20.3. The molecule has 0 aliphatic heterocycles. The standard InChI is InChI=1S/C23H23N5O3/c1-13-8-9-17(23(31)28(13)3)22(30)27-19(20-11-21(29)26-14(2)25-20)10-15-12-24-18-7-5-4-6-16(15)18/h4-9,11-12,19,24H,10H2,1-3H3,(H,27,30)(H,25,26,29)/t19-/m1/s1. The smallest absolute Gasteiger partial charge is 0.263 e. The lowest BCUT2D eigenvalue weighted by molar-refractivity contribution is 0.0933. The highest BCUT2D eigenvalue weighted by Gasteiger charge is 2.22. The van der Waals surface area contributed by atoms with Crippen molar-refractivity contribution in [3.63, 3.8) is 0 Å². The number of fused-ring (bicyclic) bond motifs is 1. The first-order chi connectivity index (χ1) is 14.8. The predicted molar refractivity (Wildman–Crippen MR) is 118 cm³/mol. The Morgan fingerprint density at radius 2 is 1.94 bits per heavy atom. The van der Waals surface area contributed by atoms with E-state index in [1.54, 1.807) is 27.0 Å². The van der Waals surface area contributed by atoms with E-state index in [0.29, 0.717) is 17.9 Å².